The van der Waals surface area contributed by atoms with Gasteiger partial charge in [0.1, 0.15) is 11.9 Å². The van der Waals surface area contributed by atoms with Gasteiger partial charge in [-0.3, -0.25) is 0 Å². The molecule has 0 heterocycles. The molecule has 1 aromatic carbocycles. The molecule has 1 aromatic rings. The Hall–Kier alpha value is -2.35. The van der Waals surface area contributed by atoms with Gasteiger partial charge in [0.05, 0.1) is 6.61 Å². The predicted octanol–water partition coefficient (Wildman–Crippen LogP) is 2.21. The topological polar surface area (TPSA) is 62.1 Å². The van der Waals surface area contributed by atoms with Crippen LogP contribution in [0.3, 0.4) is 0 Å². The first-order valence-electron chi connectivity index (χ1n) is 4.97. The molecule has 0 saturated carbocycles. The van der Waals surface area contributed by atoms with Crippen molar-refractivity contribution in [2.24, 2.45) is 0 Å². The molecule has 0 fully saturated rings. The summed E-state index contributed by atoms with van der Waals surface area (Å²) in [7, 11) is 0. The van der Waals surface area contributed by atoms with E-state index in [1.807, 2.05) is 0 Å². The second-order valence-corrected chi connectivity index (χ2v) is 3.04. The zero-order valence-corrected chi connectivity index (χ0v) is 9.24. The minimum Gasteiger partial charge on any atom is -0.462 e. The van der Waals surface area contributed by atoms with Gasteiger partial charge in [-0.1, -0.05) is 6.07 Å². The molecule has 0 amide bonds. The Balaban J connectivity index is 2.75. The number of carbonyl (C=O) groups excluding carboxylic acids is 1. The Morgan fingerprint density at radius 2 is 2.41 bits per heavy atom. The van der Waals surface area contributed by atoms with E-state index in [-0.39, 0.29) is 12.2 Å². The van der Waals surface area contributed by atoms with Gasteiger partial charge in [-0.15, -0.1) is 0 Å². The van der Waals surface area contributed by atoms with Crippen LogP contribution < -0.4 is 5.32 Å². The molecule has 0 aliphatic rings. The number of anilines is 1. The van der Waals surface area contributed by atoms with Crippen molar-refractivity contribution in [3.63, 3.8) is 0 Å². The van der Waals surface area contributed by atoms with Gasteiger partial charge in [-0.25, -0.2) is 9.18 Å². The smallest absolute Gasteiger partial charge is 0.350 e. The molecule has 5 heteroatoms. The van der Waals surface area contributed by atoms with Gasteiger partial charge in [0.15, 0.2) is 5.57 Å². The summed E-state index contributed by atoms with van der Waals surface area (Å²) in [5.41, 5.74) is 0.276. The lowest BCUT2D eigenvalue weighted by Gasteiger charge is -2.02. The third-order valence-corrected chi connectivity index (χ3v) is 1.82. The summed E-state index contributed by atoms with van der Waals surface area (Å²) in [6.07, 6.45) is 1.19. The van der Waals surface area contributed by atoms with Crippen LogP contribution in [-0.2, 0) is 9.53 Å². The van der Waals surface area contributed by atoms with Gasteiger partial charge in [0.2, 0.25) is 0 Å². The molecule has 0 bridgehead atoms. The molecular formula is C12H11FN2O2. The van der Waals surface area contributed by atoms with Crippen molar-refractivity contribution in [1.82, 2.24) is 0 Å². The van der Waals surface area contributed by atoms with Crippen molar-refractivity contribution in [2.75, 3.05) is 11.9 Å². The third-order valence-electron chi connectivity index (χ3n) is 1.82. The number of hydrogen-bond donors (Lipinski definition) is 1. The van der Waals surface area contributed by atoms with Crippen molar-refractivity contribution in [2.45, 2.75) is 6.92 Å². The Morgan fingerprint density at radius 3 is 3.00 bits per heavy atom. The highest BCUT2D eigenvalue weighted by Gasteiger charge is 2.08. The zero-order chi connectivity index (χ0) is 12.7. The van der Waals surface area contributed by atoms with Crippen molar-refractivity contribution in [3.05, 3.63) is 41.9 Å². The lowest BCUT2D eigenvalue weighted by atomic mass is 10.3. The maximum Gasteiger partial charge on any atom is 0.350 e. The molecule has 0 saturated heterocycles. The number of nitrogens with zero attached hydrogens (tertiary/aromatic N) is 1. The van der Waals surface area contributed by atoms with Gasteiger partial charge in [0, 0.05) is 11.9 Å². The average molecular weight is 234 g/mol. The van der Waals surface area contributed by atoms with Gasteiger partial charge in [-0.2, -0.15) is 5.26 Å². The zero-order valence-electron chi connectivity index (χ0n) is 9.24. The number of nitriles is 1. The molecule has 0 aromatic heterocycles. The number of carbonyl (C=O) groups is 1. The van der Waals surface area contributed by atoms with Gasteiger partial charge >= 0.3 is 5.97 Å². The van der Waals surface area contributed by atoms with Gasteiger partial charge < -0.3 is 10.1 Å². The number of rotatable bonds is 4. The van der Waals surface area contributed by atoms with E-state index >= 15 is 0 Å². The molecule has 1 N–H and O–H groups in total. The number of halogens is 1. The Kier molecular flexibility index (Phi) is 4.70. The van der Waals surface area contributed by atoms with Crippen LogP contribution >= 0.6 is 0 Å². The maximum atomic E-state index is 12.8. The molecule has 0 atom stereocenters. The van der Waals surface area contributed by atoms with Crippen LogP contribution in [0, 0.1) is 17.1 Å². The summed E-state index contributed by atoms with van der Waals surface area (Å²) in [6, 6.07) is 7.37. The molecule has 88 valence electrons. The van der Waals surface area contributed by atoms with Crippen LogP contribution in [0.25, 0.3) is 0 Å². The van der Waals surface area contributed by atoms with Crippen LogP contribution in [0.5, 0.6) is 0 Å². The lowest BCUT2D eigenvalue weighted by Crippen LogP contribution is -2.07. The van der Waals surface area contributed by atoms with Crippen LogP contribution in [-0.4, -0.2) is 12.6 Å². The fourth-order valence-corrected chi connectivity index (χ4v) is 1.08. The lowest BCUT2D eigenvalue weighted by molar-refractivity contribution is -0.138. The van der Waals surface area contributed by atoms with Crippen molar-refractivity contribution < 1.29 is 13.9 Å². The van der Waals surface area contributed by atoms with Gasteiger partial charge in [0.25, 0.3) is 0 Å². The van der Waals surface area contributed by atoms with E-state index in [1.54, 1.807) is 19.1 Å². The van der Waals surface area contributed by atoms with Crippen LogP contribution in [0.4, 0.5) is 10.1 Å². The van der Waals surface area contributed by atoms with Crippen molar-refractivity contribution in [3.8, 4) is 6.07 Å². The van der Waals surface area contributed by atoms with E-state index in [9.17, 15) is 9.18 Å². The first-order chi connectivity index (χ1) is 8.17. The Bertz CT molecular complexity index is 478. The van der Waals surface area contributed by atoms with E-state index in [0.29, 0.717) is 5.69 Å². The monoisotopic (exact) mass is 234 g/mol. The molecule has 0 aliphatic heterocycles. The number of esters is 1. The quantitative estimate of drug-likeness (QED) is 0.493. The SMILES string of the molecule is CCOC(=O)C(C#N)=CNc1cccc(F)c1. The summed E-state index contributed by atoms with van der Waals surface area (Å²) in [5.74, 6) is -1.11. The molecule has 0 spiro atoms. The molecule has 0 aliphatic carbocycles. The highest BCUT2D eigenvalue weighted by molar-refractivity contribution is 5.93. The van der Waals surface area contributed by atoms with E-state index < -0.39 is 11.8 Å². The summed E-state index contributed by atoms with van der Waals surface area (Å²) >= 11 is 0. The molecule has 0 unspecified atom stereocenters. The third kappa shape index (κ3) is 3.95. The standard InChI is InChI=1S/C12H11FN2O2/c1-2-17-12(16)9(7-14)8-15-11-5-3-4-10(13)6-11/h3-6,8,15H,2H2,1H3. The highest BCUT2D eigenvalue weighted by atomic mass is 19.1. The first kappa shape index (κ1) is 12.7. The molecular weight excluding hydrogens is 223 g/mol. The summed E-state index contributed by atoms with van der Waals surface area (Å²) in [6.45, 7) is 1.84. The van der Waals surface area contributed by atoms with E-state index in [0.717, 1.165) is 0 Å². The van der Waals surface area contributed by atoms with E-state index in [4.69, 9.17) is 5.26 Å². The predicted molar refractivity (Wildman–Crippen MR) is 60.4 cm³/mol. The minimum absolute atomic E-state index is 0.170. The number of hydrogen-bond acceptors (Lipinski definition) is 4. The van der Waals surface area contributed by atoms with Crippen LogP contribution in [0.1, 0.15) is 6.92 Å². The number of nitrogens with one attached hydrogen (secondary N) is 1. The fraction of sp³-hybridized carbons (Fsp3) is 0.167. The molecule has 17 heavy (non-hydrogen) atoms. The first-order valence-corrected chi connectivity index (χ1v) is 4.97. The van der Waals surface area contributed by atoms with E-state index in [1.165, 1.54) is 24.4 Å². The van der Waals surface area contributed by atoms with E-state index in [2.05, 4.69) is 10.1 Å². The second-order valence-electron chi connectivity index (χ2n) is 3.04. The summed E-state index contributed by atoms with van der Waals surface area (Å²) in [4.78, 5) is 11.2. The largest absolute Gasteiger partial charge is 0.462 e. The maximum absolute atomic E-state index is 12.8. The second kappa shape index (κ2) is 6.28. The Morgan fingerprint density at radius 1 is 1.65 bits per heavy atom. The highest BCUT2D eigenvalue weighted by Crippen LogP contribution is 2.09. The Labute approximate surface area is 98.3 Å². The number of ether oxygens (including phenoxy) is 1. The van der Waals surface area contributed by atoms with Crippen molar-refractivity contribution >= 4 is 11.7 Å². The molecule has 0 radical (unpaired) electrons. The minimum atomic E-state index is -0.709. The van der Waals surface area contributed by atoms with Crippen molar-refractivity contribution in [1.29, 1.82) is 5.26 Å². The fourth-order valence-electron chi connectivity index (χ4n) is 1.08. The van der Waals surface area contributed by atoms with Gasteiger partial charge in [-0.05, 0) is 25.1 Å². The number of benzene rings is 1. The normalized spacial score (nSPS) is 10.5. The molecule has 1 rings (SSSR count). The summed E-state index contributed by atoms with van der Waals surface area (Å²) in [5, 5.41) is 11.4. The molecule has 4 nitrogen and oxygen atoms in total. The average Bonchev–Trinajstić information content (AvgIpc) is 2.30. The summed E-state index contributed by atoms with van der Waals surface area (Å²) < 4.78 is 17.5. The van der Waals surface area contributed by atoms with Crippen LogP contribution in [0.2, 0.25) is 0 Å². The van der Waals surface area contributed by atoms with Crippen LogP contribution in [0.15, 0.2) is 36.0 Å².